The van der Waals surface area contributed by atoms with Gasteiger partial charge in [0.05, 0.1) is 11.7 Å². The molecule has 2 aliphatic rings. The van der Waals surface area contributed by atoms with Gasteiger partial charge < -0.3 is 15.5 Å². The van der Waals surface area contributed by atoms with Crippen molar-refractivity contribution in [1.29, 1.82) is 0 Å². The number of aryl methyl sites for hydroxylation is 1. The Morgan fingerprint density at radius 3 is 3.33 bits per heavy atom. The van der Waals surface area contributed by atoms with Crippen LogP contribution in [0.4, 0.5) is 11.5 Å². The molecule has 2 aliphatic heterocycles. The predicted octanol–water partition coefficient (Wildman–Crippen LogP) is 0.594. The average molecular weight is 204 g/mol. The van der Waals surface area contributed by atoms with E-state index < -0.39 is 0 Å². The van der Waals surface area contributed by atoms with Crippen LogP contribution in [0.3, 0.4) is 0 Å². The second-order valence-corrected chi connectivity index (χ2v) is 4.26. The van der Waals surface area contributed by atoms with Crippen LogP contribution < -0.4 is 15.5 Å². The van der Waals surface area contributed by atoms with E-state index in [9.17, 15) is 0 Å². The molecular weight excluding hydrogens is 188 g/mol. The molecule has 2 N–H and O–H groups in total. The van der Waals surface area contributed by atoms with E-state index in [1.807, 2.05) is 6.20 Å². The average Bonchev–Trinajstić information content (AvgIpc) is 2.29. The summed E-state index contributed by atoms with van der Waals surface area (Å²) in [4.78, 5) is 6.93. The molecule has 0 bridgehead atoms. The highest BCUT2D eigenvalue weighted by Crippen LogP contribution is 2.31. The summed E-state index contributed by atoms with van der Waals surface area (Å²) in [6.45, 7) is 6.34. The highest BCUT2D eigenvalue weighted by atomic mass is 15.3. The smallest absolute Gasteiger partial charge is 0.152 e. The first-order valence-corrected chi connectivity index (χ1v) is 5.53. The van der Waals surface area contributed by atoms with Crippen LogP contribution in [-0.2, 0) is 0 Å². The number of piperazine rings is 1. The molecule has 1 aromatic rings. The lowest BCUT2D eigenvalue weighted by molar-refractivity contribution is 0.478. The Bertz CT molecular complexity index is 377. The van der Waals surface area contributed by atoms with Gasteiger partial charge in [-0.15, -0.1) is 0 Å². The van der Waals surface area contributed by atoms with Crippen LogP contribution in [0.15, 0.2) is 12.3 Å². The van der Waals surface area contributed by atoms with Crippen molar-refractivity contribution in [2.24, 2.45) is 0 Å². The third-order valence-electron chi connectivity index (χ3n) is 3.28. The maximum Gasteiger partial charge on any atom is 0.152 e. The van der Waals surface area contributed by atoms with Gasteiger partial charge in [0, 0.05) is 32.4 Å². The van der Waals surface area contributed by atoms with Gasteiger partial charge in [-0.2, -0.15) is 0 Å². The third kappa shape index (κ3) is 1.36. The molecule has 0 amide bonds. The van der Waals surface area contributed by atoms with Crippen LogP contribution in [0, 0.1) is 6.92 Å². The standard InChI is InChI=1S/C11H16N4/c1-8-2-3-13-11-10(8)14-7-9-6-12-4-5-15(9)11/h2-3,9,12,14H,4-7H2,1H3. The van der Waals surface area contributed by atoms with E-state index in [1.54, 1.807) is 0 Å². The van der Waals surface area contributed by atoms with Crippen molar-refractivity contribution in [2.75, 3.05) is 36.4 Å². The molecule has 15 heavy (non-hydrogen) atoms. The van der Waals surface area contributed by atoms with Gasteiger partial charge in [-0.3, -0.25) is 0 Å². The number of pyridine rings is 1. The van der Waals surface area contributed by atoms with Crippen LogP contribution in [0.2, 0.25) is 0 Å². The summed E-state index contributed by atoms with van der Waals surface area (Å²) < 4.78 is 0. The number of nitrogens with one attached hydrogen (secondary N) is 2. The molecule has 1 unspecified atom stereocenters. The van der Waals surface area contributed by atoms with E-state index in [0.717, 1.165) is 32.0 Å². The number of hydrogen-bond donors (Lipinski definition) is 2. The van der Waals surface area contributed by atoms with Crippen molar-refractivity contribution >= 4 is 11.5 Å². The second kappa shape index (κ2) is 3.38. The Morgan fingerprint density at radius 1 is 1.47 bits per heavy atom. The number of rotatable bonds is 0. The van der Waals surface area contributed by atoms with Gasteiger partial charge in [0.1, 0.15) is 0 Å². The summed E-state index contributed by atoms with van der Waals surface area (Å²) in [5.41, 5.74) is 2.51. The Hall–Kier alpha value is -1.29. The monoisotopic (exact) mass is 204 g/mol. The summed E-state index contributed by atoms with van der Waals surface area (Å²) in [5, 5.41) is 6.91. The van der Waals surface area contributed by atoms with Crippen molar-refractivity contribution in [3.63, 3.8) is 0 Å². The fourth-order valence-corrected chi connectivity index (χ4v) is 2.42. The van der Waals surface area contributed by atoms with Crippen LogP contribution in [0.5, 0.6) is 0 Å². The minimum absolute atomic E-state index is 0.556. The summed E-state index contributed by atoms with van der Waals surface area (Å²) >= 11 is 0. The first-order chi connectivity index (χ1) is 7.36. The topological polar surface area (TPSA) is 40.2 Å². The molecular formula is C11H16N4. The zero-order valence-electron chi connectivity index (χ0n) is 8.95. The van der Waals surface area contributed by atoms with Gasteiger partial charge in [-0.05, 0) is 18.6 Å². The van der Waals surface area contributed by atoms with Gasteiger partial charge in [-0.25, -0.2) is 4.98 Å². The Balaban J connectivity index is 2.03. The van der Waals surface area contributed by atoms with Gasteiger partial charge in [-0.1, -0.05) is 0 Å². The van der Waals surface area contributed by atoms with Crippen molar-refractivity contribution in [1.82, 2.24) is 10.3 Å². The van der Waals surface area contributed by atoms with Crippen molar-refractivity contribution in [2.45, 2.75) is 13.0 Å². The number of nitrogens with zero attached hydrogens (tertiary/aromatic N) is 2. The lowest BCUT2D eigenvalue weighted by atomic mass is 10.1. The number of aromatic nitrogens is 1. The van der Waals surface area contributed by atoms with Gasteiger partial charge in [0.15, 0.2) is 5.82 Å². The highest BCUT2D eigenvalue weighted by Gasteiger charge is 2.29. The van der Waals surface area contributed by atoms with Crippen LogP contribution in [-0.4, -0.2) is 37.2 Å². The molecule has 0 aliphatic carbocycles. The van der Waals surface area contributed by atoms with Crippen LogP contribution >= 0.6 is 0 Å². The molecule has 3 heterocycles. The minimum atomic E-state index is 0.556. The lowest BCUT2D eigenvalue weighted by Gasteiger charge is -2.42. The largest absolute Gasteiger partial charge is 0.380 e. The summed E-state index contributed by atoms with van der Waals surface area (Å²) in [6, 6.07) is 2.62. The zero-order chi connectivity index (χ0) is 10.3. The van der Waals surface area contributed by atoms with Gasteiger partial charge in [0.25, 0.3) is 0 Å². The molecule has 4 nitrogen and oxygen atoms in total. The quantitative estimate of drug-likeness (QED) is 0.649. The minimum Gasteiger partial charge on any atom is -0.380 e. The van der Waals surface area contributed by atoms with Crippen molar-refractivity contribution < 1.29 is 0 Å². The normalized spacial score (nSPS) is 24.1. The first-order valence-electron chi connectivity index (χ1n) is 5.53. The second-order valence-electron chi connectivity index (χ2n) is 4.26. The molecule has 3 rings (SSSR count). The zero-order valence-corrected chi connectivity index (χ0v) is 8.95. The Morgan fingerprint density at radius 2 is 2.40 bits per heavy atom. The molecule has 0 spiro atoms. The van der Waals surface area contributed by atoms with E-state index in [0.29, 0.717) is 6.04 Å². The van der Waals surface area contributed by atoms with Crippen LogP contribution in [0.1, 0.15) is 5.56 Å². The van der Waals surface area contributed by atoms with E-state index >= 15 is 0 Å². The first kappa shape index (κ1) is 8.97. The number of fused-ring (bicyclic) bond motifs is 3. The fraction of sp³-hybridized carbons (Fsp3) is 0.545. The summed E-state index contributed by atoms with van der Waals surface area (Å²) in [7, 11) is 0. The number of anilines is 2. The van der Waals surface area contributed by atoms with E-state index in [-0.39, 0.29) is 0 Å². The molecule has 0 aromatic carbocycles. The molecule has 1 atom stereocenters. The molecule has 1 fully saturated rings. The van der Waals surface area contributed by atoms with E-state index in [1.165, 1.54) is 11.3 Å². The maximum absolute atomic E-state index is 4.50. The molecule has 1 aromatic heterocycles. The third-order valence-corrected chi connectivity index (χ3v) is 3.28. The predicted molar refractivity (Wildman–Crippen MR) is 61.5 cm³/mol. The van der Waals surface area contributed by atoms with E-state index in [2.05, 4.69) is 33.5 Å². The summed E-state index contributed by atoms with van der Waals surface area (Å²) in [5.74, 6) is 1.13. The molecule has 0 radical (unpaired) electrons. The van der Waals surface area contributed by atoms with Gasteiger partial charge in [0.2, 0.25) is 0 Å². The fourth-order valence-electron chi connectivity index (χ4n) is 2.42. The Labute approximate surface area is 89.7 Å². The molecule has 0 saturated carbocycles. The summed E-state index contributed by atoms with van der Waals surface area (Å²) in [6.07, 6.45) is 1.90. The lowest BCUT2D eigenvalue weighted by Crippen LogP contribution is -2.56. The van der Waals surface area contributed by atoms with Crippen molar-refractivity contribution in [3.05, 3.63) is 17.8 Å². The molecule has 4 heteroatoms. The number of hydrogen-bond acceptors (Lipinski definition) is 4. The highest BCUT2D eigenvalue weighted by molar-refractivity contribution is 5.72. The van der Waals surface area contributed by atoms with Crippen LogP contribution in [0.25, 0.3) is 0 Å². The van der Waals surface area contributed by atoms with Crippen molar-refractivity contribution in [3.8, 4) is 0 Å². The SMILES string of the molecule is Cc1ccnc2c1NCC1CNCCN21. The molecule has 80 valence electrons. The Kier molecular flexibility index (Phi) is 2.02. The van der Waals surface area contributed by atoms with E-state index in [4.69, 9.17) is 0 Å². The maximum atomic E-state index is 4.50. The molecule has 1 saturated heterocycles. The van der Waals surface area contributed by atoms with Gasteiger partial charge >= 0.3 is 0 Å².